The van der Waals surface area contributed by atoms with Crippen LogP contribution in [-0.4, -0.2) is 40.0 Å². The first kappa shape index (κ1) is 15.2. The summed E-state index contributed by atoms with van der Waals surface area (Å²) in [5.41, 5.74) is 0.0136. The second-order valence-electron chi connectivity index (χ2n) is 4.32. The minimum atomic E-state index is -3.72. The number of carbonyl (C=O) groups is 1. The van der Waals surface area contributed by atoms with Crippen molar-refractivity contribution in [1.82, 2.24) is 4.72 Å². The van der Waals surface area contributed by atoms with Gasteiger partial charge in [-0.2, -0.15) is 0 Å². The van der Waals surface area contributed by atoms with Crippen molar-refractivity contribution in [2.24, 2.45) is 0 Å². The molecule has 0 saturated carbocycles. The third-order valence-corrected chi connectivity index (χ3v) is 4.67. The van der Waals surface area contributed by atoms with Crippen molar-refractivity contribution >= 4 is 26.9 Å². The molecule has 0 amide bonds. The molecule has 0 aliphatic carbocycles. The summed E-state index contributed by atoms with van der Waals surface area (Å²) in [6.07, 6.45) is 0.622. The summed E-state index contributed by atoms with van der Waals surface area (Å²) in [6.45, 7) is 0.873. The van der Waals surface area contributed by atoms with Crippen molar-refractivity contribution in [2.75, 3.05) is 20.3 Å². The van der Waals surface area contributed by atoms with Gasteiger partial charge >= 0.3 is 0 Å². The predicted octanol–water partition coefficient (Wildman–Crippen LogP) is 1.14. The molecule has 8 heteroatoms. The lowest BCUT2D eigenvalue weighted by Crippen LogP contribution is -2.35. The molecule has 1 heterocycles. The fourth-order valence-electron chi connectivity index (χ4n) is 1.92. The summed E-state index contributed by atoms with van der Waals surface area (Å²) >= 11 is 5.43. The van der Waals surface area contributed by atoms with Gasteiger partial charge in [0, 0.05) is 12.6 Å². The lowest BCUT2D eigenvalue weighted by Gasteiger charge is -2.13. The first-order valence-corrected chi connectivity index (χ1v) is 7.78. The average Bonchev–Trinajstić information content (AvgIpc) is 2.89. The van der Waals surface area contributed by atoms with Crippen LogP contribution in [0.5, 0.6) is 5.75 Å². The van der Waals surface area contributed by atoms with Crippen molar-refractivity contribution in [3.8, 4) is 5.75 Å². The number of halogens is 1. The Hall–Kier alpha value is -1.15. The number of nitrogens with one attached hydrogen (secondary N) is 1. The molecule has 1 aliphatic rings. The molecule has 0 aromatic heterocycles. The molecule has 2 rings (SSSR count). The van der Waals surface area contributed by atoms with E-state index >= 15 is 0 Å². The minimum Gasteiger partial charge on any atom is -0.496 e. The summed E-state index contributed by atoms with van der Waals surface area (Å²) in [5, 5.41) is -0.775. The molecule has 1 unspecified atom stereocenters. The first-order valence-electron chi connectivity index (χ1n) is 5.92. The van der Waals surface area contributed by atoms with E-state index in [2.05, 4.69) is 4.72 Å². The SMILES string of the molecule is COc1ccc(S(=O)(=O)NC2CCOC2)cc1C(=O)Cl. The zero-order chi connectivity index (χ0) is 14.8. The highest BCUT2D eigenvalue weighted by Crippen LogP contribution is 2.24. The largest absolute Gasteiger partial charge is 0.496 e. The van der Waals surface area contributed by atoms with Crippen LogP contribution >= 0.6 is 11.6 Å². The van der Waals surface area contributed by atoms with Gasteiger partial charge in [-0.3, -0.25) is 4.79 Å². The highest BCUT2D eigenvalue weighted by Gasteiger charge is 2.24. The summed E-state index contributed by atoms with van der Waals surface area (Å²) in [6, 6.07) is 3.71. The van der Waals surface area contributed by atoms with E-state index in [1.165, 1.54) is 25.3 Å². The standard InChI is InChI=1S/C12H14ClNO5S/c1-18-11-3-2-9(6-10(11)12(13)15)20(16,17)14-8-4-5-19-7-8/h2-3,6,8,14H,4-5,7H2,1H3. The van der Waals surface area contributed by atoms with Crippen molar-refractivity contribution in [3.05, 3.63) is 23.8 Å². The van der Waals surface area contributed by atoms with Crippen molar-refractivity contribution in [2.45, 2.75) is 17.4 Å². The molecule has 0 radical (unpaired) electrons. The number of hydrogen-bond acceptors (Lipinski definition) is 5. The van der Waals surface area contributed by atoms with Crippen molar-refractivity contribution in [1.29, 1.82) is 0 Å². The molecule has 110 valence electrons. The van der Waals surface area contributed by atoms with Crippen LogP contribution in [0.3, 0.4) is 0 Å². The van der Waals surface area contributed by atoms with Gasteiger partial charge in [0.1, 0.15) is 5.75 Å². The Kier molecular flexibility index (Phi) is 4.64. The Balaban J connectivity index is 2.31. The topological polar surface area (TPSA) is 81.7 Å². The maximum absolute atomic E-state index is 12.2. The monoisotopic (exact) mass is 319 g/mol. The van der Waals surface area contributed by atoms with Gasteiger partial charge in [-0.05, 0) is 36.2 Å². The molecule has 1 aliphatic heterocycles. The summed E-state index contributed by atoms with van der Waals surface area (Å²) in [7, 11) is -2.35. The van der Waals surface area contributed by atoms with E-state index in [1.807, 2.05) is 0 Å². The Morgan fingerprint density at radius 2 is 2.25 bits per heavy atom. The van der Waals surface area contributed by atoms with E-state index in [-0.39, 0.29) is 22.3 Å². The van der Waals surface area contributed by atoms with Crippen LogP contribution in [0.15, 0.2) is 23.1 Å². The third-order valence-electron chi connectivity index (χ3n) is 2.94. The first-order chi connectivity index (χ1) is 9.44. The van der Waals surface area contributed by atoms with Gasteiger partial charge < -0.3 is 9.47 Å². The van der Waals surface area contributed by atoms with Crippen LogP contribution in [-0.2, 0) is 14.8 Å². The molecule has 0 bridgehead atoms. The number of carbonyl (C=O) groups excluding carboxylic acids is 1. The maximum atomic E-state index is 12.2. The molecule has 1 saturated heterocycles. The minimum absolute atomic E-state index is 0.0136. The van der Waals surface area contributed by atoms with E-state index in [0.717, 1.165) is 0 Å². The summed E-state index contributed by atoms with van der Waals surface area (Å²) < 4.78 is 37.0. The van der Waals surface area contributed by atoms with Gasteiger partial charge in [-0.15, -0.1) is 0 Å². The van der Waals surface area contributed by atoms with Gasteiger partial charge in [0.05, 0.1) is 24.2 Å². The molecule has 1 fully saturated rings. The molecular weight excluding hydrogens is 306 g/mol. The highest BCUT2D eigenvalue weighted by atomic mass is 35.5. The Labute approximate surface area is 122 Å². The molecule has 1 aromatic rings. The molecule has 1 N–H and O–H groups in total. The lowest BCUT2D eigenvalue weighted by molar-refractivity contribution is 0.107. The molecule has 20 heavy (non-hydrogen) atoms. The molecule has 1 atom stereocenters. The number of benzene rings is 1. The molecular formula is C12H14ClNO5S. The van der Waals surface area contributed by atoms with Gasteiger partial charge in [-0.25, -0.2) is 13.1 Å². The zero-order valence-corrected chi connectivity index (χ0v) is 12.3. The summed E-state index contributed by atoms with van der Waals surface area (Å²) in [5.74, 6) is 0.230. The van der Waals surface area contributed by atoms with Crippen LogP contribution in [0.2, 0.25) is 0 Å². The quantitative estimate of drug-likeness (QED) is 0.823. The fraction of sp³-hybridized carbons (Fsp3) is 0.417. The molecule has 6 nitrogen and oxygen atoms in total. The van der Waals surface area contributed by atoms with E-state index in [1.54, 1.807) is 0 Å². The van der Waals surface area contributed by atoms with E-state index < -0.39 is 15.3 Å². The number of sulfonamides is 1. The molecule has 1 aromatic carbocycles. The maximum Gasteiger partial charge on any atom is 0.256 e. The van der Waals surface area contributed by atoms with Crippen molar-refractivity contribution < 1.29 is 22.7 Å². The summed E-state index contributed by atoms with van der Waals surface area (Å²) in [4.78, 5) is 11.3. The van der Waals surface area contributed by atoms with Crippen LogP contribution in [0.25, 0.3) is 0 Å². The predicted molar refractivity (Wildman–Crippen MR) is 72.7 cm³/mol. The van der Waals surface area contributed by atoms with E-state index in [0.29, 0.717) is 19.6 Å². The average molecular weight is 320 g/mol. The Bertz CT molecular complexity index is 610. The van der Waals surface area contributed by atoms with E-state index in [9.17, 15) is 13.2 Å². The highest BCUT2D eigenvalue weighted by molar-refractivity contribution is 7.89. The van der Waals surface area contributed by atoms with Crippen LogP contribution in [0, 0.1) is 0 Å². The van der Waals surface area contributed by atoms with Crippen molar-refractivity contribution in [3.63, 3.8) is 0 Å². The van der Waals surface area contributed by atoms with Crippen LogP contribution in [0.1, 0.15) is 16.8 Å². The number of methoxy groups -OCH3 is 1. The van der Waals surface area contributed by atoms with Crippen LogP contribution in [0.4, 0.5) is 0 Å². The second kappa shape index (κ2) is 6.09. The number of hydrogen-bond donors (Lipinski definition) is 1. The zero-order valence-electron chi connectivity index (χ0n) is 10.8. The van der Waals surface area contributed by atoms with Gasteiger partial charge in [0.15, 0.2) is 0 Å². The Morgan fingerprint density at radius 3 is 2.80 bits per heavy atom. The van der Waals surface area contributed by atoms with Crippen LogP contribution < -0.4 is 9.46 Å². The van der Waals surface area contributed by atoms with Gasteiger partial charge in [0.2, 0.25) is 10.0 Å². The van der Waals surface area contributed by atoms with Gasteiger partial charge in [0.25, 0.3) is 5.24 Å². The van der Waals surface area contributed by atoms with Gasteiger partial charge in [-0.1, -0.05) is 0 Å². The third kappa shape index (κ3) is 3.29. The second-order valence-corrected chi connectivity index (χ2v) is 6.37. The number of ether oxygens (including phenoxy) is 2. The Morgan fingerprint density at radius 1 is 1.50 bits per heavy atom. The van der Waals surface area contributed by atoms with E-state index in [4.69, 9.17) is 21.1 Å². The fourth-order valence-corrected chi connectivity index (χ4v) is 3.35. The smallest absolute Gasteiger partial charge is 0.256 e. The normalized spacial score (nSPS) is 19.0. The number of rotatable bonds is 5. The molecule has 0 spiro atoms. The lowest BCUT2D eigenvalue weighted by atomic mass is 10.2.